The van der Waals surface area contributed by atoms with Gasteiger partial charge in [-0.3, -0.25) is 9.59 Å². The van der Waals surface area contributed by atoms with E-state index >= 15 is 0 Å². The van der Waals surface area contributed by atoms with Crippen molar-refractivity contribution in [3.05, 3.63) is 59.1 Å². The molecule has 0 aliphatic carbocycles. The molecule has 126 valence electrons. The maximum atomic E-state index is 13.6. The third kappa shape index (κ3) is 3.89. The molecule has 0 atom stereocenters. The average Bonchev–Trinajstić information content (AvgIpc) is 2.53. The second-order valence-corrected chi connectivity index (χ2v) is 6.05. The van der Waals surface area contributed by atoms with Crippen LogP contribution in [0.2, 0.25) is 5.02 Å². The Morgan fingerprint density at radius 2 is 1.58 bits per heavy atom. The molecule has 2 aromatic rings. The van der Waals surface area contributed by atoms with Gasteiger partial charge in [0, 0.05) is 5.69 Å². The predicted octanol–water partition coefficient (Wildman–Crippen LogP) is 4.22. The molecule has 0 heterocycles. The fourth-order valence-electron chi connectivity index (χ4n) is 1.81. The third-order valence-corrected chi connectivity index (χ3v) is 3.72. The molecule has 0 fully saturated rings. The molecular weight excluding hydrogens is 338 g/mol. The molecule has 7 heteroatoms. The first-order valence-electron chi connectivity index (χ1n) is 7.04. The summed E-state index contributed by atoms with van der Waals surface area (Å²) in [5.41, 5.74) is -1.27. The Morgan fingerprint density at radius 1 is 0.958 bits per heavy atom. The number of benzene rings is 2. The fraction of sp³-hybridized carbons (Fsp3) is 0.176. The Bertz CT molecular complexity index is 794. The molecule has 0 spiro atoms. The lowest BCUT2D eigenvalue weighted by Gasteiger charge is -2.23. The summed E-state index contributed by atoms with van der Waals surface area (Å²) in [6.45, 7) is 2.79. The molecule has 2 rings (SSSR count). The number of carbonyl (C=O) groups is 2. The summed E-state index contributed by atoms with van der Waals surface area (Å²) in [7, 11) is 0. The highest BCUT2D eigenvalue weighted by molar-refractivity contribution is 6.31. The van der Waals surface area contributed by atoms with Crippen LogP contribution in [0, 0.1) is 17.0 Å². The Labute approximate surface area is 142 Å². The van der Waals surface area contributed by atoms with Gasteiger partial charge in [-0.2, -0.15) is 0 Å². The summed E-state index contributed by atoms with van der Waals surface area (Å²) in [5.74, 6) is -2.55. The van der Waals surface area contributed by atoms with Gasteiger partial charge in [-0.05, 0) is 44.2 Å². The van der Waals surface area contributed by atoms with Gasteiger partial charge in [0.1, 0.15) is 17.0 Å². The number of carbonyl (C=O) groups excluding carboxylic acids is 2. The molecular formula is C17H15ClF2N2O2. The molecule has 0 bridgehead atoms. The molecule has 2 N–H and O–H groups in total. The SMILES string of the molecule is CC(C)(C(=O)Nc1ccc(F)c(Cl)c1)C(=O)Nc1ccccc1F. The first-order valence-corrected chi connectivity index (χ1v) is 7.42. The molecule has 0 radical (unpaired) electrons. The van der Waals surface area contributed by atoms with E-state index in [-0.39, 0.29) is 16.4 Å². The zero-order valence-electron chi connectivity index (χ0n) is 13.0. The number of para-hydroxylation sites is 1. The van der Waals surface area contributed by atoms with Crippen molar-refractivity contribution >= 4 is 34.8 Å². The standard InChI is InChI=1S/C17H15ClF2N2O2/c1-17(2,16(24)22-14-6-4-3-5-13(14)20)15(23)21-10-7-8-12(19)11(18)9-10/h3-9H,1-2H3,(H,21,23)(H,22,24). The first kappa shape index (κ1) is 17.9. The minimum absolute atomic E-state index is 0.0202. The van der Waals surface area contributed by atoms with Gasteiger partial charge < -0.3 is 10.6 Å². The fourth-order valence-corrected chi connectivity index (χ4v) is 1.99. The maximum absolute atomic E-state index is 13.6. The predicted molar refractivity (Wildman–Crippen MR) is 88.9 cm³/mol. The highest BCUT2D eigenvalue weighted by Crippen LogP contribution is 2.24. The monoisotopic (exact) mass is 352 g/mol. The van der Waals surface area contributed by atoms with Crippen LogP contribution in [0.4, 0.5) is 20.2 Å². The van der Waals surface area contributed by atoms with Crippen LogP contribution in [-0.2, 0) is 9.59 Å². The van der Waals surface area contributed by atoms with Crippen LogP contribution in [0.25, 0.3) is 0 Å². The lowest BCUT2D eigenvalue weighted by atomic mass is 9.90. The molecule has 0 aliphatic heterocycles. The Balaban J connectivity index is 2.13. The molecule has 0 aromatic heterocycles. The van der Waals surface area contributed by atoms with E-state index in [1.165, 1.54) is 44.2 Å². The van der Waals surface area contributed by atoms with Crippen LogP contribution in [-0.4, -0.2) is 11.8 Å². The molecule has 0 aliphatic rings. The van der Waals surface area contributed by atoms with Gasteiger partial charge >= 0.3 is 0 Å². The van der Waals surface area contributed by atoms with Crippen LogP contribution in [0.15, 0.2) is 42.5 Å². The normalized spacial score (nSPS) is 11.0. The van der Waals surface area contributed by atoms with Gasteiger partial charge in [0.05, 0.1) is 10.7 Å². The Hall–Kier alpha value is -2.47. The van der Waals surface area contributed by atoms with Gasteiger partial charge in [0.2, 0.25) is 11.8 Å². The van der Waals surface area contributed by atoms with E-state index in [1.54, 1.807) is 6.07 Å². The van der Waals surface area contributed by atoms with Crippen molar-refractivity contribution in [1.82, 2.24) is 0 Å². The molecule has 24 heavy (non-hydrogen) atoms. The number of hydrogen-bond donors (Lipinski definition) is 2. The number of anilines is 2. The van der Waals surface area contributed by atoms with Crippen LogP contribution < -0.4 is 10.6 Å². The zero-order chi connectivity index (χ0) is 17.9. The van der Waals surface area contributed by atoms with Gasteiger partial charge in [-0.1, -0.05) is 23.7 Å². The molecule has 2 aromatic carbocycles. The second kappa shape index (κ2) is 6.97. The van der Waals surface area contributed by atoms with Crippen LogP contribution >= 0.6 is 11.6 Å². The summed E-state index contributed by atoms with van der Waals surface area (Å²) in [5, 5.41) is 4.71. The molecule has 4 nitrogen and oxygen atoms in total. The van der Waals surface area contributed by atoms with Crippen molar-refractivity contribution < 1.29 is 18.4 Å². The van der Waals surface area contributed by atoms with Crippen molar-refractivity contribution in [3.63, 3.8) is 0 Å². The van der Waals surface area contributed by atoms with Crippen LogP contribution in [0.5, 0.6) is 0 Å². The zero-order valence-corrected chi connectivity index (χ0v) is 13.7. The van der Waals surface area contributed by atoms with E-state index < -0.39 is 28.9 Å². The molecule has 0 unspecified atom stereocenters. The van der Waals surface area contributed by atoms with Crippen molar-refractivity contribution in [2.24, 2.45) is 5.41 Å². The van der Waals surface area contributed by atoms with Gasteiger partial charge in [0.25, 0.3) is 0 Å². The largest absolute Gasteiger partial charge is 0.325 e. The van der Waals surface area contributed by atoms with Crippen molar-refractivity contribution in [2.75, 3.05) is 10.6 Å². The van der Waals surface area contributed by atoms with E-state index in [2.05, 4.69) is 10.6 Å². The van der Waals surface area contributed by atoms with Crippen molar-refractivity contribution in [1.29, 1.82) is 0 Å². The molecule has 0 saturated carbocycles. The summed E-state index contributed by atoms with van der Waals surface area (Å²) in [6.07, 6.45) is 0. The lowest BCUT2D eigenvalue weighted by Crippen LogP contribution is -2.41. The highest BCUT2D eigenvalue weighted by atomic mass is 35.5. The quantitative estimate of drug-likeness (QED) is 0.809. The smallest absolute Gasteiger partial charge is 0.239 e. The summed E-state index contributed by atoms with van der Waals surface area (Å²) < 4.78 is 26.7. The minimum atomic E-state index is -1.50. The Morgan fingerprint density at radius 3 is 2.21 bits per heavy atom. The van der Waals surface area contributed by atoms with Gasteiger partial charge in [0.15, 0.2) is 0 Å². The van der Waals surface area contributed by atoms with E-state index in [0.29, 0.717) is 0 Å². The highest BCUT2D eigenvalue weighted by Gasteiger charge is 2.36. The number of nitrogens with one attached hydrogen (secondary N) is 2. The van der Waals surface area contributed by atoms with E-state index in [0.717, 1.165) is 6.07 Å². The average molecular weight is 353 g/mol. The third-order valence-electron chi connectivity index (χ3n) is 3.43. The number of halogens is 3. The topological polar surface area (TPSA) is 58.2 Å². The van der Waals surface area contributed by atoms with Gasteiger partial charge in [-0.15, -0.1) is 0 Å². The minimum Gasteiger partial charge on any atom is -0.325 e. The summed E-state index contributed by atoms with van der Waals surface area (Å²) in [4.78, 5) is 24.7. The second-order valence-electron chi connectivity index (χ2n) is 5.64. The summed E-state index contributed by atoms with van der Waals surface area (Å²) >= 11 is 5.65. The van der Waals surface area contributed by atoms with Crippen LogP contribution in [0.1, 0.15) is 13.8 Å². The number of amides is 2. The van der Waals surface area contributed by atoms with Crippen LogP contribution in [0.3, 0.4) is 0 Å². The van der Waals surface area contributed by atoms with E-state index in [4.69, 9.17) is 11.6 Å². The molecule has 0 saturated heterocycles. The Kier molecular flexibility index (Phi) is 5.19. The van der Waals surface area contributed by atoms with Gasteiger partial charge in [-0.25, -0.2) is 8.78 Å². The van der Waals surface area contributed by atoms with E-state index in [1.807, 2.05) is 0 Å². The number of hydrogen-bond acceptors (Lipinski definition) is 2. The van der Waals surface area contributed by atoms with Crippen molar-refractivity contribution in [2.45, 2.75) is 13.8 Å². The van der Waals surface area contributed by atoms with E-state index in [9.17, 15) is 18.4 Å². The van der Waals surface area contributed by atoms with Crippen molar-refractivity contribution in [3.8, 4) is 0 Å². The summed E-state index contributed by atoms with van der Waals surface area (Å²) in [6, 6.07) is 9.30. The number of rotatable bonds is 4. The first-order chi connectivity index (χ1) is 11.2. The maximum Gasteiger partial charge on any atom is 0.239 e. The lowest BCUT2D eigenvalue weighted by molar-refractivity contribution is -0.135. The molecule has 2 amide bonds.